The van der Waals surface area contributed by atoms with Crippen molar-refractivity contribution in [3.05, 3.63) is 90.5 Å². The van der Waals surface area contributed by atoms with Gasteiger partial charge in [0.1, 0.15) is 17.1 Å². The molecule has 3 aromatic rings. The molecule has 1 fully saturated rings. The van der Waals surface area contributed by atoms with Crippen LogP contribution >= 0.6 is 11.8 Å². The first-order valence-electron chi connectivity index (χ1n) is 24.5. The van der Waals surface area contributed by atoms with E-state index in [-0.39, 0.29) is 48.7 Å². The lowest BCUT2D eigenvalue weighted by molar-refractivity contribution is -0.223. The Hall–Kier alpha value is -3.83. The largest absolute Gasteiger partial charge is 0.460 e. The van der Waals surface area contributed by atoms with Gasteiger partial charge >= 0.3 is 6.09 Å². The lowest BCUT2D eigenvalue weighted by Gasteiger charge is -2.58. The molecule has 0 saturated heterocycles. The molecule has 1 aliphatic heterocycles. The van der Waals surface area contributed by atoms with Crippen molar-refractivity contribution >= 4 is 34.3 Å². The molecule has 64 heavy (non-hydrogen) atoms. The quantitative estimate of drug-likeness (QED) is 0.0414. The monoisotopic (exact) mass is 897 g/mol. The molecule has 6 rings (SSSR count). The smallest absolute Gasteiger partial charge is 0.412 e. The Morgan fingerprint density at radius 2 is 1.59 bits per heavy atom. The number of carbonyl (C=O) groups excluding carboxylic acids is 1. The van der Waals surface area contributed by atoms with Crippen LogP contribution in [0.4, 0.5) is 4.79 Å². The van der Waals surface area contributed by atoms with E-state index >= 15 is 0 Å². The third-order valence-corrected chi connectivity index (χ3v) is 14.4. The first-order chi connectivity index (χ1) is 31.1. The number of hydrogen-bond donors (Lipinski definition) is 3. The highest BCUT2D eigenvalue weighted by molar-refractivity contribution is 8.00. The van der Waals surface area contributed by atoms with Crippen LogP contribution in [0.1, 0.15) is 148 Å². The van der Waals surface area contributed by atoms with Crippen molar-refractivity contribution in [2.75, 3.05) is 26.4 Å². The highest BCUT2D eigenvalue weighted by atomic mass is 32.2. The summed E-state index contributed by atoms with van der Waals surface area (Å²) in [5, 5.41) is 30.0. The van der Waals surface area contributed by atoms with Crippen LogP contribution in [-0.4, -0.2) is 65.0 Å². The van der Waals surface area contributed by atoms with Crippen LogP contribution in [0.25, 0.3) is 10.8 Å². The fraction of sp³-hybridized carbons (Fsp3) is 0.593. The van der Waals surface area contributed by atoms with Crippen molar-refractivity contribution in [3.8, 4) is 11.5 Å². The summed E-state index contributed by atoms with van der Waals surface area (Å²) in [6.45, 7) is 13.5. The van der Waals surface area contributed by atoms with Crippen LogP contribution in [-0.2, 0) is 9.57 Å². The van der Waals surface area contributed by atoms with Crippen LogP contribution in [0.5, 0.6) is 11.5 Å². The second-order valence-electron chi connectivity index (χ2n) is 19.1. The zero-order valence-electron chi connectivity index (χ0n) is 39.2. The van der Waals surface area contributed by atoms with E-state index in [0.29, 0.717) is 37.3 Å². The lowest BCUT2D eigenvalue weighted by Crippen LogP contribution is -2.64. The molecular weight excluding hydrogens is 821 g/mol. The molecule has 1 heterocycles. The molecule has 0 radical (unpaired) electrons. The van der Waals surface area contributed by atoms with Gasteiger partial charge in [-0.3, -0.25) is 0 Å². The van der Waals surface area contributed by atoms with Gasteiger partial charge in [-0.25, -0.2) is 4.79 Å². The van der Waals surface area contributed by atoms with Crippen LogP contribution in [0.15, 0.2) is 95.0 Å². The molecule has 3 aliphatic rings. The lowest BCUT2D eigenvalue weighted by atomic mass is 9.56. The predicted octanol–water partition coefficient (Wildman–Crippen LogP) is 13.1. The molecule has 1 saturated carbocycles. The summed E-state index contributed by atoms with van der Waals surface area (Å²) in [7, 11) is 0. The Bertz CT molecular complexity index is 2010. The summed E-state index contributed by atoms with van der Waals surface area (Å²) in [5.41, 5.74) is 2.40. The average Bonchev–Trinajstić information content (AvgIpc) is 3.28. The highest BCUT2D eigenvalue weighted by Crippen LogP contribution is 2.63. The van der Waals surface area contributed by atoms with Crippen molar-refractivity contribution in [2.24, 2.45) is 22.9 Å². The fourth-order valence-electron chi connectivity index (χ4n) is 10.0. The molecular formula is C54H76N2O7S. The third-order valence-electron chi connectivity index (χ3n) is 13.1. The molecule has 3 N–H and O–H groups in total. The van der Waals surface area contributed by atoms with Gasteiger partial charge in [-0.15, -0.1) is 18.3 Å². The third kappa shape index (κ3) is 13.2. The van der Waals surface area contributed by atoms with E-state index in [9.17, 15) is 15.0 Å². The molecule has 2 aliphatic carbocycles. The SMILES string of the molecule is C=CCOC12Oc3ccc(OC(=O)NCCCCCCCCCCCC)cc3C3C(CCCCO)C(CCCCO)C=C(C(=NOC(C)(C)C)CC1Sc1ccc4ccccc4c1)C32. The summed E-state index contributed by atoms with van der Waals surface area (Å²) in [6, 6.07) is 20.8. The second kappa shape index (κ2) is 24.6. The van der Waals surface area contributed by atoms with Crippen LogP contribution in [0.2, 0.25) is 0 Å². The van der Waals surface area contributed by atoms with Crippen molar-refractivity contribution in [1.82, 2.24) is 5.32 Å². The standard InChI is InChI=1S/C54H76N2O7S/c1-6-8-9-10-11-12-13-14-15-20-31-55-52(59)61-42-28-30-48-46(37-42)50-44(26-19-22-33-58)41(25-18-21-32-57)36-45-47(56-63-53(3,4)5)38-49(54(62-48,51(45)50)60-34-7-2)64-43-29-27-39-23-16-17-24-40(39)35-43/h7,16-17,23-24,27-30,35-37,41,44,49-51,57-58H,2,6,8-15,18-22,25-26,31-34,38H2,1,3-5H3,(H,55,59). The summed E-state index contributed by atoms with van der Waals surface area (Å²) in [5.74, 6) is -0.110. The zero-order chi connectivity index (χ0) is 45.4. The van der Waals surface area contributed by atoms with Gasteiger partial charge in [-0.05, 0) is 111 Å². The number of rotatable bonds is 26. The Kier molecular flexibility index (Phi) is 19.1. The fourth-order valence-corrected chi connectivity index (χ4v) is 11.4. The van der Waals surface area contributed by atoms with Gasteiger partial charge in [0.05, 0.1) is 23.5 Å². The van der Waals surface area contributed by atoms with Gasteiger partial charge in [0, 0.05) is 42.6 Å². The number of unbranched alkanes of at least 4 members (excludes halogenated alkanes) is 11. The Balaban J connectivity index is 1.36. The summed E-state index contributed by atoms with van der Waals surface area (Å²) in [6.07, 6.45) is 21.5. The number of hydrogen-bond acceptors (Lipinski definition) is 9. The van der Waals surface area contributed by atoms with Gasteiger partial charge in [-0.1, -0.05) is 125 Å². The molecule has 6 atom stereocenters. The zero-order valence-corrected chi connectivity index (χ0v) is 40.0. The van der Waals surface area contributed by atoms with Gasteiger partial charge in [0.25, 0.3) is 0 Å². The van der Waals surface area contributed by atoms with E-state index in [0.717, 1.165) is 65.7 Å². The predicted molar refractivity (Wildman–Crippen MR) is 261 cm³/mol. The van der Waals surface area contributed by atoms with E-state index in [2.05, 4.69) is 67.4 Å². The number of nitrogens with zero attached hydrogens (tertiary/aromatic N) is 1. The minimum atomic E-state index is -1.13. The van der Waals surface area contributed by atoms with E-state index in [1.54, 1.807) is 17.8 Å². The first kappa shape index (κ1) is 49.6. The maximum Gasteiger partial charge on any atom is 0.412 e. The van der Waals surface area contributed by atoms with Gasteiger partial charge in [-0.2, -0.15) is 0 Å². The number of aliphatic hydroxyl groups excluding tert-OH is 2. The van der Waals surface area contributed by atoms with Crippen LogP contribution in [0.3, 0.4) is 0 Å². The number of aliphatic hydroxyl groups is 2. The molecule has 6 unspecified atom stereocenters. The van der Waals surface area contributed by atoms with Gasteiger partial charge < -0.3 is 34.6 Å². The minimum Gasteiger partial charge on any atom is -0.460 e. The molecule has 9 nitrogen and oxygen atoms in total. The van der Waals surface area contributed by atoms with Gasteiger partial charge in [0.15, 0.2) is 0 Å². The number of thioether (sulfide) groups is 1. The Morgan fingerprint density at radius 1 is 0.891 bits per heavy atom. The summed E-state index contributed by atoms with van der Waals surface area (Å²) in [4.78, 5) is 20.7. The Labute approximate surface area is 387 Å². The molecule has 0 spiro atoms. The first-order valence-corrected chi connectivity index (χ1v) is 25.4. The van der Waals surface area contributed by atoms with Gasteiger partial charge in [0.2, 0.25) is 5.79 Å². The number of ether oxygens (including phenoxy) is 3. The molecule has 1 amide bonds. The molecule has 350 valence electrons. The molecule has 0 aromatic heterocycles. The number of carbonyl (C=O) groups is 1. The molecule has 10 heteroatoms. The Morgan fingerprint density at radius 3 is 2.30 bits per heavy atom. The number of amides is 1. The summed E-state index contributed by atoms with van der Waals surface area (Å²) >= 11 is 1.75. The van der Waals surface area contributed by atoms with Crippen molar-refractivity contribution < 1.29 is 34.1 Å². The number of benzene rings is 3. The maximum absolute atomic E-state index is 13.3. The van der Waals surface area contributed by atoms with E-state index in [1.807, 2.05) is 39.0 Å². The number of oxime groups is 1. The van der Waals surface area contributed by atoms with Crippen LogP contribution < -0.4 is 14.8 Å². The minimum absolute atomic E-state index is 0.121. The number of fused-ring (bicyclic) bond motifs is 3. The van der Waals surface area contributed by atoms with Crippen molar-refractivity contribution in [2.45, 2.75) is 164 Å². The molecule has 0 bridgehead atoms. The number of allylic oxidation sites excluding steroid dienone is 1. The number of nitrogens with one attached hydrogen (secondary N) is 1. The average molecular weight is 897 g/mol. The topological polar surface area (TPSA) is 119 Å². The van der Waals surface area contributed by atoms with E-state index in [1.165, 1.54) is 56.8 Å². The van der Waals surface area contributed by atoms with E-state index < -0.39 is 17.5 Å². The normalized spacial score (nSPS) is 23.2. The summed E-state index contributed by atoms with van der Waals surface area (Å²) < 4.78 is 20.5. The maximum atomic E-state index is 13.3. The second-order valence-corrected chi connectivity index (χ2v) is 20.4. The highest BCUT2D eigenvalue weighted by Gasteiger charge is 2.64. The van der Waals surface area contributed by atoms with Crippen molar-refractivity contribution in [3.63, 3.8) is 0 Å². The van der Waals surface area contributed by atoms with E-state index in [4.69, 9.17) is 24.2 Å². The molecule has 3 aromatic carbocycles. The van der Waals surface area contributed by atoms with Crippen molar-refractivity contribution in [1.29, 1.82) is 0 Å². The van der Waals surface area contributed by atoms with Crippen LogP contribution in [0, 0.1) is 17.8 Å².